The highest BCUT2D eigenvalue weighted by molar-refractivity contribution is 5.83. The number of rotatable bonds is 1. The first-order chi connectivity index (χ1) is 10.2. The number of nitrogens with two attached hydrogens (primary N) is 1. The number of nitrogens with zero attached hydrogens (tertiary/aromatic N) is 1. The average molecular weight is 281 g/mol. The van der Waals surface area contributed by atoms with E-state index in [2.05, 4.69) is 9.97 Å². The van der Waals surface area contributed by atoms with Gasteiger partial charge in [-0.3, -0.25) is 0 Å². The lowest BCUT2D eigenvalue weighted by atomic mass is 10.1. The zero-order valence-corrected chi connectivity index (χ0v) is 11.6. The maximum absolute atomic E-state index is 5.80. The Balaban J connectivity index is 1.86. The molecule has 3 N–H and O–H groups in total. The van der Waals surface area contributed by atoms with Crippen LogP contribution < -0.4 is 15.2 Å². The molecule has 2 heterocycles. The Morgan fingerprint density at radius 3 is 2.62 bits per heavy atom. The number of hydrogen-bond acceptors (Lipinski definition) is 4. The first-order valence-corrected chi connectivity index (χ1v) is 6.86. The van der Waals surface area contributed by atoms with Gasteiger partial charge in [0.05, 0.1) is 11.0 Å². The van der Waals surface area contributed by atoms with Crippen molar-refractivity contribution in [2.45, 2.75) is 6.92 Å². The van der Waals surface area contributed by atoms with E-state index < -0.39 is 0 Å². The Kier molecular flexibility index (Phi) is 2.54. The van der Waals surface area contributed by atoms with Crippen LogP contribution in [0.15, 0.2) is 30.3 Å². The lowest BCUT2D eigenvalue weighted by Gasteiger charge is -2.17. The van der Waals surface area contributed by atoms with Crippen molar-refractivity contribution < 1.29 is 9.47 Å². The van der Waals surface area contributed by atoms with Crippen LogP contribution in [0.3, 0.4) is 0 Å². The minimum absolute atomic E-state index is 0.576. The molecule has 4 rings (SSSR count). The highest BCUT2D eigenvalue weighted by Crippen LogP contribution is 2.35. The normalized spacial score (nSPS) is 13.6. The van der Waals surface area contributed by atoms with E-state index in [4.69, 9.17) is 15.2 Å². The van der Waals surface area contributed by atoms with E-state index in [0.717, 1.165) is 45.2 Å². The second-order valence-electron chi connectivity index (χ2n) is 5.17. The summed E-state index contributed by atoms with van der Waals surface area (Å²) in [6, 6.07) is 9.66. The SMILES string of the molecule is Cc1cc(N)ccc1-c1nc2cc3c(cc2[nH]1)OCCO3. The largest absolute Gasteiger partial charge is 0.486 e. The minimum atomic E-state index is 0.576. The smallest absolute Gasteiger partial charge is 0.163 e. The van der Waals surface area contributed by atoms with E-state index in [0.29, 0.717) is 13.2 Å². The third-order valence-corrected chi connectivity index (χ3v) is 3.65. The average Bonchev–Trinajstić information content (AvgIpc) is 2.87. The van der Waals surface area contributed by atoms with Crippen LogP contribution in [0.1, 0.15) is 5.56 Å². The van der Waals surface area contributed by atoms with E-state index in [9.17, 15) is 0 Å². The van der Waals surface area contributed by atoms with Crippen molar-refractivity contribution in [3.63, 3.8) is 0 Å². The highest BCUT2D eigenvalue weighted by atomic mass is 16.6. The molecule has 21 heavy (non-hydrogen) atoms. The molecule has 0 bridgehead atoms. The van der Waals surface area contributed by atoms with Gasteiger partial charge < -0.3 is 20.2 Å². The van der Waals surface area contributed by atoms with Gasteiger partial charge in [0.25, 0.3) is 0 Å². The van der Waals surface area contributed by atoms with Crippen molar-refractivity contribution >= 4 is 16.7 Å². The van der Waals surface area contributed by atoms with Crippen molar-refractivity contribution in [2.24, 2.45) is 0 Å². The summed E-state index contributed by atoms with van der Waals surface area (Å²) in [6.45, 7) is 3.18. The maximum Gasteiger partial charge on any atom is 0.163 e. The zero-order chi connectivity index (χ0) is 14.4. The topological polar surface area (TPSA) is 73.2 Å². The lowest BCUT2D eigenvalue weighted by molar-refractivity contribution is 0.172. The highest BCUT2D eigenvalue weighted by Gasteiger charge is 2.15. The third-order valence-electron chi connectivity index (χ3n) is 3.65. The van der Waals surface area contributed by atoms with Gasteiger partial charge in [0.2, 0.25) is 0 Å². The van der Waals surface area contributed by atoms with Crippen LogP contribution in [0.5, 0.6) is 11.5 Å². The molecule has 5 heteroatoms. The number of nitrogen functional groups attached to an aromatic ring is 1. The van der Waals surface area contributed by atoms with Gasteiger partial charge in [0, 0.05) is 23.4 Å². The molecule has 0 unspecified atom stereocenters. The van der Waals surface area contributed by atoms with Gasteiger partial charge in [-0.2, -0.15) is 0 Å². The number of anilines is 1. The van der Waals surface area contributed by atoms with Gasteiger partial charge in [0.1, 0.15) is 19.0 Å². The van der Waals surface area contributed by atoms with Crippen molar-refractivity contribution in [2.75, 3.05) is 18.9 Å². The first-order valence-electron chi connectivity index (χ1n) is 6.86. The fraction of sp³-hybridized carbons (Fsp3) is 0.188. The molecule has 2 aromatic carbocycles. The summed E-state index contributed by atoms with van der Waals surface area (Å²) in [7, 11) is 0. The number of imidazole rings is 1. The van der Waals surface area contributed by atoms with E-state index in [1.807, 2.05) is 37.3 Å². The number of benzene rings is 2. The van der Waals surface area contributed by atoms with Gasteiger partial charge >= 0.3 is 0 Å². The Hall–Kier alpha value is -2.69. The number of nitrogens with one attached hydrogen (secondary N) is 1. The Labute approximate surface area is 121 Å². The molecule has 1 aromatic heterocycles. The van der Waals surface area contributed by atoms with Crippen LogP contribution in [0, 0.1) is 6.92 Å². The molecule has 0 radical (unpaired) electrons. The van der Waals surface area contributed by atoms with E-state index in [1.165, 1.54) is 0 Å². The van der Waals surface area contributed by atoms with Gasteiger partial charge in [-0.25, -0.2) is 4.98 Å². The van der Waals surface area contributed by atoms with Gasteiger partial charge in [0.15, 0.2) is 11.5 Å². The minimum Gasteiger partial charge on any atom is -0.486 e. The van der Waals surface area contributed by atoms with E-state index in [-0.39, 0.29) is 0 Å². The number of hydrogen-bond donors (Lipinski definition) is 2. The quantitative estimate of drug-likeness (QED) is 0.673. The molecule has 3 aromatic rings. The van der Waals surface area contributed by atoms with Crippen molar-refractivity contribution in [1.29, 1.82) is 0 Å². The van der Waals surface area contributed by atoms with Crippen molar-refractivity contribution in [3.8, 4) is 22.9 Å². The molecule has 0 atom stereocenters. The van der Waals surface area contributed by atoms with Crippen LogP contribution in [0.4, 0.5) is 5.69 Å². The standard InChI is InChI=1S/C16H15N3O2/c1-9-6-10(17)2-3-11(9)16-18-12-7-14-15(8-13(12)19-16)21-5-4-20-14/h2-3,6-8H,4-5,17H2,1H3,(H,18,19). The predicted octanol–water partition coefficient (Wildman–Crippen LogP) is 2.89. The number of aromatic amines is 1. The Morgan fingerprint density at radius 1 is 1.10 bits per heavy atom. The van der Waals surface area contributed by atoms with Gasteiger partial charge in [-0.1, -0.05) is 0 Å². The number of H-pyrrole nitrogens is 1. The molecule has 106 valence electrons. The van der Waals surface area contributed by atoms with Crippen LogP contribution in [0.25, 0.3) is 22.4 Å². The number of ether oxygens (including phenoxy) is 2. The number of aromatic nitrogens is 2. The molecular formula is C16H15N3O2. The molecule has 0 fully saturated rings. The second kappa shape index (κ2) is 4.41. The maximum atomic E-state index is 5.80. The molecule has 0 saturated carbocycles. The fourth-order valence-corrected chi connectivity index (χ4v) is 2.63. The summed E-state index contributed by atoms with van der Waals surface area (Å²) >= 11 is 0. The summed E-state index contributed by atoms with van der Waals surface area (Å²) in [4.78, 5) is 7.98. The molecule has 5 nitrogen and oxygen atoms in total. The van der Waals surface area contributed by atoms with Crippen molar-refractivity contribution in [1.82, 2.24) is 9.97 Å². The molecular weight excluding hydrogens is 266 g/mol. The summed E-state index contributed by atoms with van der Waals surface area (Å²) in [5.41, 5.74) is 10.5. The summed E-state index contributed by atoms with van der Waals surface area (Å²) < 4.78 is 11.2. The molecule has 0 aliphatic carbocycles. The predicted molar refractivity (Wildman–Crippen MR) is 81.7 cm³/mol. The zero-order valence-electron chi connectivity index (χ0n) is 11.6. The van der Waals surface area contributed by atoms with Gasteiger partial charge in [-0.15, -0.1) is 0 Å². The Bertz CT molecular complexity index is 796. The van der Waals surface area contributed by atoms with E-state index in [1.54, 1.807) is 0 Å². The van der Waals surface area contributed by atoms with Crippen LogP contribution in [-0.4, -0.2) is 23.2 Å². The first kappa shape index (κ1) is 12.1. The number of fused-ring (bicyclic) bond motifs is 2. The molecule has 1 aliphatic heterocycles. The van der Waals surface area contributed by atoms with E-state index >= 15 is 0 Å². The molecule has 0 spiro atoms. The lowest BCUT2D eigenvalue weighted by Crippen LogP contribution is -2.15. The fourth-order valence-electron chi connectivity index (χ4n) is 2.63. The number of aryl methyl sites for hydroxylation is 1. The summed E-state index contributed by atoms with van der Waals surface area (Å²) in [5, 5.41) is 0. The van der Waals surface area contributed by atoms with Gasteiger partial charge in [-0.05, 0) is 30.7 Å². The Morgan fingerprint density at radius 2 is 1.86 bits per heavy atom. The van der Waals surface area contributed by atoms with Crippen LogP contribution >= 0.6 is 0 Å². The monoisotopic (exact) mass is 281 g/mol. The summed E-state index contributed by atoms with van der Waals surface area (Å²) in [6.07, 6.45) is 0. The van der Waals surface area contributed by atoms with Crippen LogP contribution in [-0.2, 0) is 0 Å². The molecule has 0 saturated heterocycles. The molecule has 0 amide bonds. The third kappa shape index (κ3) is 1.98. The second-order valence-corrected chi connectivity index (χ2v) is 5.17. The van der Waals surface area contributed by atoms with Crippen molar-refractivity contribution in [3.05, 3.63) is 35.9 Å². The summed E-state index contributed by atoms with van der Waals surface area (Å²) in [5.74, 6) is 2.34. The molecule has 1 aliphatic rings. The van der Waals surface area contributed by atoms with Crippen LogP contribution in [0.2, 0.25) is 0 Å².